The third-order valence-corrected chi connectivity index (χ3v) is 6.08. The van der Waals surface area contributed by atoms with Gasteiger partial charge in [0.2, 0.25) is 10.9 Å². The monoisotopic (exact) mass is 395 g/mol. The standard InChI is InChI=1S/C20H17N3O2S2/c1-13-6-8-14(9-7-13)12-26-20-23-22-19(27-20)21-11-16(24)18-10-15-4-2-3-5-17(15)25-18/h2-10H,11-12H2,1H3,(H,21,22). The third-order valence-electron chi connectivity index (χ3n) is 3.99. The molecule has 0 aliphatic carbocycles. The van der Waals surface area contributed by atoms with Gasteiger partial charge >= 0.3 is 0 Å². The molecule has 27 heavy (non-hydrogen) atoms. The molecule has 0 aliphatic rings. The Hall–Kier alpha value is -2.64. The highest BCUT2D eigenvalue weighted by molar-refractivity contribution is 8.00. The van der Waals surface area contributed by atoms with E-state index >= 15 is 0 Å². The number of hydrogen-bond acceptors (Lipinski definition) is 7. The predicted octanol–water partition coefficient (Wildman–Crippen LogP) is 5.18. The minimum Gasteiger partial charge on any atom is -0.453 e. The highest BCUT2D eigenvalue weighted by atomic mass is 32.2. The fraction of sp³-hybridized carbons (Fsp3) is 0.150. The molecule has 0 atom stereocenters. The lowest BCUT2D eigenvalue weighted by molar-refractivity contribution is 0.0982. The Labute approximate surface area is 164 Å². The van der Waals surface area contributed by atoms with Crippen molar-refractivity contribution in [3.63, 3.8) is 0 Å². The zero-order valence-electron chi connectivity index (χ0n) is 14.6. The van der Waals surface area contributed by atoms with Crippen molar-refractivity contribution in [2.45, 2.75) is 17.0 Å². The molecule has 4 rings (SSSR count). The maximum Gasteiger partial charge on any atom is 0.217 e. The first-order valence-corrected chi connectivity index (χ1v) is 10.2. The van der Waals surface area contributed by atoms with Gasteiger partial charge in [-0.05, 0) is 24.6 Å². The summed E-state index contributed by atoms with van der Waals surface area (Å²) in [5.41, 5.74) is 3.21. The molecule has 7 heteroatoms. The van der Waals surface area contributed by atoms with Crippen molar-refractivity contribution in [2.75, 3.05) is 11.9 Å². The molecule has 2 aromatic carbocycles. The van der Waals surface area contributed by atoms with Gasteiger partial charge in [0.15, 0.2) is 10.1 Å². The largest absolute Gasteiger partial charge is 0.453 e. The maximum absolute atomic E-state index is 12.3. The first-order valence-electron chi connectivity index (χ1n) is 8.45. The van der Waals surface area contributed by atoms with E-state index in [0.29, 0.717) is 16.5 Å². The summed E-state index contributed by atoms with van der Waals surface area (Å²) >= 11 is 3.08. The van der Waals surface area contributed by atoms with Gasteiger partial charge in [0.1, 0.15) is 5.58 Å². The molecule has 136 valence electrons. The van der Waals surface area contributed by atoms with Crippen LogP contribution in [0.1, 0.15) is 21.7 Å². The summed E-state index contributed by atoms with van der Waals surface area (Å²) in [6.45, 7) is 2.20. The molecule has 0 fully saturated rings. The number of fused-ring (bicyclic) bond motifs is 1. The smallest absolute Gasteiger partial charge is 0.217 e. The second-order valence-electron chi connectivity index (χ2n) is 6.07. The molecule has 5 nitrogen and oxygen atoms in total. The topological polar surface area (TPSA) is 68.0 Å². The number of aromatic nitrogens is 2. The number of hydrogen-bond donors (Lipinski definition) is 1. The van der Waals surface area contributed by atoms with Gasteiger partial charge in [0.05, 0.1) is 6.54 Å². The number of nitrogens with zero attached hydrogens (tertiary/aromatic N) is 2. The first-order chi connectivity index (χ1) is 13.2. The molecule has 0 spiro atoms. The summed E-state index contributed by atoms with van der Waals surface area (Å²) in [6.07, 6.45) is 0. The highest BCUT2D eigenvalue weighted by Gasteiger charge is 2.13. The molecule has 0 saturated heterocycles. The molecule has 0 unspecified atom stereocenters. The van der Waals surface area contributed by atoms with E-state index in [-0.39, 0.29) is 12.3 Å². The van der Waals surface area contributed by atoms with Crippen molar-refractivity contribution in [3.8, 4) is 0 Å². The summed E-state index contributed by atoms with van der Waals surface area (Å²) < 4.78 is 6.46. The van der Waals surface area contributed by atoms with E-state index < -0.39 is 0 Å². The number of benzene rings is 2. The Morgan fingerprint density at radius 2 is 1.96 bits per heavy atom. The Bertz CT molecular complexity index is 1040. The first kappa shape index (κ1) is 17.8. The molecule has 0 amide bonds. The van der Waals surface area contributed by atoms with E-state index in [0.717, 1.165) is 15.5 Å². The summed E-state index contributed by atoms with van der Waals surface area (Å²) in [6, 6.07) is 17.8. The van der Waals surface area contributed by atoms with Crippen LogP contribution < -0.4 is 5.32 Å². The number of carbonyl (C=O) groups excluding carboxylic acids is 1. The number of rotatable bonds is 7. The number of anilines is 1. The quantitative estimate of drug-likeness (QED) is 0.343. The number of furan rings is 1. The second kappa shape index (κ2) is 7.94. The number of carbonyl (C=O) groups is 1. The van der Waals surface area contributed by atoms with E-state index in [4.69, 9.17) is 4.42 Å². The van der Waals surface area contributed by atoms with Crippen LogP contribution in [0.5, 0.6) is 0 Å². The predicted molar refractivity (Wildman–Crippen MR) is 110 cm³/mol. The van der Waals surface area contributed by atoms with Crippen LogP contribution in [-0.2, 0) is 5.75 Å². The van der Waals surface area contributed by atoms with Gasteiger partial charge in [-0.25, -0.2) is 0 Å². The lowest BCUT2D eigenvalue weighted by atomic mass is 10.2. The summed E-state index contributed by atoms with van der Waals surface area (Å²) in [7, 11) is 0. The van der Waals surface area contributed by atoms with E-state index in [1.165, 1.54) is 22.5 Å². The Balaban J connectivity index is 1.32. The van der Waals surface area contributed by atoms with Crippen LogP contribution in [0.25, 0.3) is 11.0 Å². The molecular formula is C20H17N3O2S2. The Morgan fingerprint density at radius 3 is 2.78 bits per heavy atom. The number of thioether (sulfide) groups is 1. The van der Waals surface area contributed by atoms with Gasteiger partial charge in [-0.1, -0.05) is 71.1 Å². The third kappa shape index (κ3) is 4.37. The highest BCUT2D eigenvalue weighted by Crippen LogP contribution is 2.28. The number of para-hydroxylation sites is 1. The van der Waals surface area contributed by atoms with Crippen LogP contribution in [0, 0.1) is 6.92 Å². The van der Waals surface area contributed by atoms with Crippen LogP contribution in [-0.4, -0.2) is 22.5 Å². The molecule has 0 aliphatic heterocycles. The van der Waals surface area contributed by atoms with Crippen LogP contribution in [0.4, 0.5) is 5.13 Å². The van der Waals surface area contributed by atoms with Crippen molar-refractivity contribution < 1.29 is 9.21 Å². The molecule has 2 heterocycles. The maximum atomic E-state index is 12.3. The SMILES string of the molecule is Cc1ccc(CSc2nnc(NCC(=O)c3cc4ccccc4o3)s2)cc1. The van der Waals surface area contributed by atoms with E-state index in [1.54, 1.807) is 17.8 Å². The van der Waals surface area contributed by atoms with Crippen molar-refractivity contribution >= 4 is 45.0 Å². The average Bonchev–Trinajstić information content (AvgIpc) is 3.32. The number of ketones is 1. The molecule has 0 radical (unpaired) electrons. The van der Waals surface area contributed by atoms with Crippen LogP contribution in [0.15, 0.2) is 63.4 Å². The zero-order chi connectivity index (χ0) is 18.6. The number of Topliss-reactive ketones (excluding diaryl/α,β-unsaturated/α-hetero) is 1. The Kier molecular flexibility index (Phi) is 5.22. The average molecular weight is 396 g/mol. The van der Waals surface area contributed by atoms with Crippen LogP contribution in [0.3, 0.4) is 0 Å². The summed E-state index contributed by atoms with van der Waals surface area (Å²) in [4.78, 5) is 12.3. The molecule has 4 aromatic rings. The lowest BCUT2D eigenvalue weighted by Gasteiger charge is -1.99. The van der Waals surface area contributed by atoms with Gasteiger partial charge in [-0.2, -0.15) is 0 Å². The van der Waals surface area contributed by atoms with Crippen molar-refractivity contribution in [3.05, 3.63) is 71.5 Å². The normalized spacial score (nSPS) is 11.0. The van der Waals surface area contributed by atoms with Gasteiger partial charge in [0.25, 0.3) is 0 Å². The molecule has 1 N–H and O–H groups in total. The number of aryl methyl sites for hydroxylation is 1. The lowest BCUT2D eigenvalue weighted by Crippen LogP contribution is -2.13. The van der Waals surface area contributed by atoms with Gasteiger partial charge in [-0.15, -0.1) is 10.2 Å². The van der Waals surface area contributed by atoms with Crippen molar-refractivity contribution in [1.29, 1.82) is 0 Å². The summed E-state index contributed by atoms with van der Waals surface area (Å²) in [5.74, 6) is 1.07. The fourth-order valence-corrected chi connectivity index (χ4v) is 4.23. The molecule has 0 bridgehead atoms. The molecule has 0 saturated carbocycles. The minimum absolute atomic E-state index is 0.116. The van der Waals surface area contributed by atoms with Crippen LogP contribution in [0.2, 0.25) is 0 Å². The second-order valence-corrected chi connectivity index (χ2v) is 8.27. The van der Waals surface area contributed by atoms with E-state index in [1.807, 2.05) is 24.3 Å². The molecular weight excluding hydrogens is 378 g/mol. The van der Waals surface area contributed by atoms with Crippen LogP contribution >= 0.6 is 23.1 Å². The number of nitrogens with one attached hydrogen (secondary N) is 1. The van der Waals surface area contributed by atoms with Crippen molar-refractivity contribution in [2.24, 2.45) is 0 Å². The van der Waals surface area contributed by atoms with Crippen molar-refractivity contribution in [1.82, 2.24) is 10.2 Å². The van der Waals surface area contributed by atoms with Gasteiger partial charge in [0, 0.05) is 11.1 Å². The summed E-state index contributed by atoms with van der Waals surface area (Å²) in [5, 5.41) is 12.9. The minimum atomic E-state index is -0.116. The van der Waals surface area contributed by atoms with E-state index in [2.05, 4.69) is 46.7 Å². The zero-order valence-corrected chi connectivity index (χ0v) is 16.3. The molecule has 2 aromatic heterocycles. The van der Waals surface area contributed by atoms with Gasteiger partial charge < -0.3 is 9.73 Å². The Morgan fingerprint density at radius 1 is 1.15 bits per heavy atom. The van der Waals surface area contributed by atoms with Gasteiger partial charge in [-0.3, -0.25) is 4.79 Å². The van der Waals surface area contributed by atoms with E-state index in [9.17, 15) is 4.79 Å². The fourth-order valence-electron chi connectivity index (χ4n) is 2.53.